The van der Waals surface area contributed by atoms with E-state index in [-0.39, 0.29) is 47.8 Å². The van der Waals surface area contributed by atoms with Crippen LogP contribution < -0.4 is 5.32 Å². The smallest absolute Gasteiger partial charge is 0.234 e. The highest BCUT2D eigenvalue weighted by Gasteiger charge is 2.58. The third-order valence-corrected chi connectivity index (χ3v) is 7.00. The van der Waals surface area contributed by atoms with Crippen LogP contribution >= 0.6 is 0 Å². The van der Waals surface area contributed by atoms with Gasteiger partial charge in [-0.2, -0.15) is 0 Å². The summed E-state index contributed by atoms with van der Waals surface area (Å²) < 4.78 is 0. The molecule has 5 heteroatoms. The van der Waals surface area contributed by atoms with E-state index in [2.05, 4.69) is 17.5 Å². The molecule has 2 aromatic carbocycles. The van der Waals surface area contributed by atoms with Crippen LogP contribution in [0.3, 0.4) is 0 Å². The summed E-state index contributed by atoms with van der Waals surface area (Å²) >= 11 is 0. The lowest BCUT2D eigenvalue weighted by molar-refractivity contribution is -0.143. The number of hydrogen-bond acceptors (Lipinski definition) is 3. The molecule has 4 aliphatic rings. The van der Waals surface area contributed by atoms with Crippen LogP contribution in [0.4, 0.5) is 0 Å². The van der Waals surface area contributed by atoms with Gasteiger partial charge in [-0.25, -0.2) is 0 Å². The molecule has 2 fully saturated rings. The summed E-state index contributed by atoms with van der Waals surface area (Å²) in [6.45, 7) is 0.419. The Morgan fingerprint density at radius 3 is 1.97 bits per heavy atom. The van der Waals surface area contributed by atoms with Gasteiger partial charge in [0, 0.05) is 6.54 Å². The lowest BCUT2D eigenvalue weighted by Gasteiger charge is -2.38. The Labute approximate surface area is 182 Å². The van der Waals surface area contributed by atoms with E-state index in [4.69, 9.17) is 0 Å². The van der Waals surface area contributed by atoms with Crippen LogP contribution in [-0.2, 0) is 20.9 Å². The summed E-state index contributed by atoms with van der Waals surface area (Å²) in [7, 11) is 0. The van der Waals surface area contributed by atoms with E-state index in [1.807, 2.05) is 60.7 Å². The minimum atomic E-state index is -0.582. The summed E-state index contributed by atoms with van der Waals surface area (Å²) in [5.74, 6) is -0.656. The van der Waals surface area contributed by atoms with Crippen molar-refractivity contribution in [1.82, 2.24) is 10.2 Å². The predicted molar refractivity (Wildman–Crippen MR) is 116 cm³/mol. The van der Waals surface area contributed by atoms with Gasteiger partial charge >= 0.3 is 0 Å². The molecule has 31 heavy (non-hydrogen) atoms. The molecule has 158 valence electrons. The molecule has 0 radical (unpaired) electrons. The Hall–Kier alpha value is -3.21. The summed E-state index contributed by atoms with van der Waals surface area (Å²) in [6.07, 6.45) is 6.23. The number of allylic oxidation sites excluding steroid dienone is 2. The molecule has 0 spiro atoms. The standard InChI is InChI=1S/C26H26N2O3/c29-22(27-16-17-7-3-1-4-8-17)15-21(18-9-5-2-6-10-18)28-25(30)23-19-11-12-20(14-13-19)24(23)26(28)31/h1-12,19-21,23-24H,13-16H2,(H,27,29)/t19-,20-,21+,23-,24-/m0/s1. The van der Waals surface area contributed by atoms with Crippen LogP contribution in [0.5, 0.6) is 0 Å². The van der Waals surface area contributed by atoms with Crippen LogP contribution in [0.25, 0.3) is 0 Å². The number of hydrogen-bond donors (Lipinski definition) is 1. The first-order valence-corrected chi connectivity index (χ1v) is 11.0. The molecule has 3 amide bonds. The molecule has 6 rings (SSSR count). The topological polar surface area (TPSA) is 66.5 Å². The maximum Gasteiger partial charge on any atom is 0.234 e. The monoisotopic (exact) mass is 414 g/mol. The molecule has 1 saturated heterocycles. The van der Waals surface area contributed by atoms with Crippen LogP contribution in [0.1, 0.15) is 36.4 Å². The van der Waals surface area contributed by atoms with Crippen LogP contribution in [0.15, 0.2) is 72.8 Å². The van der Waals surface area contributed by atoms with Crippen molar-refractivity contribution in [3.8, 4) is 0 Å². The number of benzene rings is 2. The van der Waals surface area contributed by atoms with Gasteiger partial charge in [0.2, 0.25) is 17.7 Å². The lowest BCUT2D eigenvalue weighted by atomic mass is 9.63. The van der Waals surface area contributed by atoms with E-state index in [0.29, 0.717) is 6.54 Å². The fourth-order valence-corrected chi connectivity index (χ4v) is 5.48. The number of carbonyl (C=O) groups is 3. The third-order valence-electron chi connectivity index (χ3n) is 7.00. The van der Waals surface area contributed by atoms with Gasteiger partial charge in [-0.15, -0.1) is 0 Å². The second kappa shape index (κ2) is 8.14. The number of carbonyl (C=O) groups excluding carboxylic acids is 3. The van der Waals surface area contributed by atoms with Crippen LogP contribution in [0, 0.1) is 23.7 Å². The first kappa shape index (κ1) is 19.7. The fourth-order valence-electron chi connectivity index (χ4n) is 5.48. The summed E-state index contributed by atoms with van der Waals surface area (Å²) in [5, 5.41) is 2.94. The van der Waals surface area contributed by atoms with Crippen LogP contribution in [-0.4, -0.2) is 22.6 Å². The zero-order valence-corrected chi connectivity index (χ0v) is 17.3. The van der Waals surface area contributed by atoms with Gasteiger partial charge in [-0.05, 0) is 35.8 Å². The van der Waals surface area contributed by atoms with E-state index < -0.39 is 6.04 Å². The number of likely N-dealkylation sites (tertiary alicyclic amines) is 1. The second-order valence-corrected chi connectivity index (χ2v) is 8.78. The average molecular weight is 415 g/mol. The van der Waals surface area contributed by atoms with E-state index in [1.165, 1.54) is 4.90 Å². The number of fused-ring (bicyclic) bond motifs is 1. The van der Waals surface area contributed by atoms with Crippen LogP contribution in [0.2, 0.25) is 0 Å². The molecule has 1 N–H and O–H groups in total. The molecule has 1 heterocycles. The van der Waals surface area contributed by atoms with Gasteiger partial charge in [0.05, 0.1) is 24.3 Å². The van der Waals surface area contributed by atoms with Gasteiger partial charge in [0.1, 0.15) is 0 Å². The Kier molecular flexibility index (Phi) is 5.18. The van der Waals surface area contributed by atoms with Crippen molar-refractivity contribution in [2.75, 3.05) is 0 Å². The van der Waals surface area contributed by atoms with E-state index in [0.717, 1.165) is 24.0 Å². The van der Waals surface area contributed by atoms with Crippen molar-refractivity contribution in [2.24, 2.45) is 23.7 Å². The van der Waals surface area contributed by atoms with Crippen molar-refractivity contribution in [1.29, 1.82) is 0 Å². The SMILES string of the molecule is O=C(C[C@H](c1ccccc1)N1C(=O)[C@@H]2[C@@H](C1=O)[C@H]1C=C[C@H]2CC1)NCc1ccccc1. The maximum atomic E-state index is 13.5. The number of nitrogens with one attached hydrogen (secondary N) is 1. The maximum absolute atomic E-state index is 13.5. The van der Waals surface area contributed by atoms with E-state index in [9.17, 15) is 14.4 Å². The van der Waals surface area contributed by atoms with Gasteiger partial charge < -0.3 is 5.32 Å². The zero-order valence-electron chi connectivity index (χ0n) is 17.3. The summed E-state index contributed by atoms with van der Waals surface area (Å²) in [4.78, 5) is 41.2. The predicted octanol–water partition coefficient (Wildman–Crippen LogP) is 3.63. The minimum Gasteiger partial charge on any atom is -0.352 e. The Balaban J connectivity index is 1.39. The van der Waals surface area contributed by atoms with Gasteiger partial charge in [0.25, 0.3) is 0 Å². The highest BCUT2D eigenvalue weighted by molar-refractivity contribution is 6.06. The van der Waals surface area contributed by atoms with Gasteiger partial charge in [-0.1, -0.05) is 72.8 Å². The molecule has 0 aromatic heterocycles. The molecule has 2 bridgehead atoms. The lowest BCUT2D eigenvalue weighted by Crippen LogP contribution is -2.38. The van der Waals surface area contributed by atoms with Gasteiger partial charge in [0.15, 0.2) is 0 Å². The van der Waals surface area contributed by atoms with Crippen molar-refractivity contribution in [3.63, 3.8) is 0 Å². The number of rotatable bonds is 6. The Morgan fingerprint density at radius 2 is 1.42 bits per heavy atom. The second-order valence-electron chi connectivity index (χ2n) is 8.78. The molecule has 1 saturated carbocycles. The minimum absolute atomic E-state index is 0.0660. The molecule has 5 atom stereocenters. The molecule has 2 aromatic rings. The molecular formula is C26H26N2O3. The van der Waals surface area contributed by atoms with Crippen molar-refractivity contribution >= 4 is 17.7 Å². The fraction of sp³-hybridized carbons (Fsp3) is 0.346. The largest absolute Gasteiger partial charge is 0.352 e. The Morgan fingerprint density at radius 1 is 0.871 bits per heavy atom. The summed E-state index contributed by atoms with van der Waals surface area (Å²) in [6, 6.07) is 18.6. The number of imide groups is 1. The highest BCUT2D eigenvalue weighted by Crippen LogP contribution is 2.51. The molecule has 3 aliphatic carbocycles. The third kappa shape index (κ3) is 3.58. The zero-order chi connectivity index (χ0) is 21.4. The van der Waals surface area contributed by atoms with E-state index >= 15 is 0 Å². The summed E-state index contributed by atoms with van der Waals surface area (Å²) in [5.41, 5.74) is 1.83. The highest BCUT2D eigenvalue weighted by atomic mass is 16.2. The number of nitrogens with zero attached hydrogens (tertiary/aromatic N) is 1. The molecule has 5 nitrogen and oxygen atoms in total. The van der Waals surface area contributed by atoms with E-state index in [1.54, 1.807) is 0 Å². The van der Waals surface area contributed by atoms with Gasteiger partial charge in [-0.3, -0.25) is 19.3 Å². The Bertz CT molecular complexity index is 985. The average Bonchev–Trinajstić information content (AvgIpc) is 3.10. The first-order valence-electron chi connectivity index (χ1n) is 11.0. The van der Waals surface area contributed by atoms with Crippen molar-refractivity contribution in [2.45, 2.75) is 31.8 Å². The number of amides is 3. The van der Waals surface area contributed by atoms with Crippen molar-refractivity contribution in [3.05, 3.63) is 83.9 Å². The molecular weight excluding hydrogens is 388 g/mol. The van der Waals surface area contributed by atoms with Crippen molar-refractivity contribution < 1.29 is 14.4 Å². The normalized spacial score (nSPS) is 27.3. The molecule has 0 unspecified atom stereocenters. The molecule has 1 aliphatic heterocycles. The first-order chi connectivity index (χ1) is 15.1. The quantitative estimate of drug-likeness (QED) is 0.580.